The maximum atomic E-state index is 13.4. The highest BCUT2D eigenvalue weighted by molar-refractivity contribution is 5.35. The number of hydrogen-bond acceptors (Lipinski definition) is 1. The van der Waals surface area contributed by atoms with Crippen molar-refractivity contribution in [3.8, 4) is 0 Å². The second kappa shape index (κ2) is 4.65. The number of hydrogen-bond donors (Lipinski definition) is 1. The maximum Gasteiger partial charge on any atom is 0.123 e. The fourth-order valence-electron chi connectivity index (χ4n) is 2.81. The van der Waals surface area contributed by atoms with Crippen molar-refractivity contribution in [3.63, 3.8) is 0 Å². The standard InChI is InChI=1S/C16H24FN/c1-5-12-10-16(12,11-18-15(2,3)4)13-7-6-8-14(17)9-13/h6-9,12,18H,5,10-11H2,1-4H3. The van der Waals surface area contributed by atoms with Crippen LogP contribution in [0.1, 0.15) is 46.1 Å². The highest BCUT2D eigenvalue weighted by Crippen LogP contribution is 2.55. The zero-order chi connectivity index (χ0) is 13.4. The van der Waals surface area contributed by atoms with Crippen molar-refractivity contribution in [1.82, 2.24) is 5.32 Å². The number of benzene rings is 1. The summed E-state index contributed by atoms with van der Waals surface area (Å²) in [4.78, 5) is 0. The lowest BCUT2D eigenvalue weighted by Crippen LogP contribution is -2.41. The molecule has 1 N–H and O–H groups in total. The van der Waals surface area contributed by atoms with Gasteiger partial charge in [0.1, 0.15) is 5.82 Å². The first-order chi connectivity index (χ1) is 8.37. The van der Waals surface area contributed by atoms with E-state index in [1.807, 2.05) is 6.07 Å². The molecule has 0 aliphatic heterocycles. The van der Waals surface area contributed by atoms with E-state index in [1.54, 1.807) is 6.07 Å². The first kappa shape index (κ1) is 13.5. The molecule has 0 spiro atoms. The molecule has 1 aromatic carbocycles. The second-order valence-electron chi connectivity index (χ2n) is 6.58. The van der Waals surface area contributed by atoms with Gasteiger partial charge in [-0.3, -0.25) is 0 Å². The van der Waals surface area contributed by atoms with Crippen molar-refractivity contribution in [3.05, 3.63) is 35.6 Å². The van der Waals surface area contributed by atoms with Gasteiger partial charge >= 0.3 is 0 Å². The highest BCUT2D eigenvalue weighted by Gasteiger charge is 2.53. The Morgan fingerprint density at radius 2 is 2.11 bits per heavy atom. The Hall–Kier alpha value is -0.890. The number of rotatable bonds is 4. The SMILES string of the molecule is CCC1CC1(CNC(C)(C)C)c1cccc(F)c1. The molecule has 1 aliphatic carbocycles. The smallest absolute Gasteiger partial charge is 0.123 e. The average molecular weight is 249 g/mol. The number of nitrogens with one attached hydrogen (secondary N) is 1. The summed E-state index contributed by atoms with van der Waals surface area (Å²) in [7, 11) is 0. The Labute approximate surface area is 110 Å². The van der Waals surface area contributed by atoms with Crippen LogP contribution in [0.15, 0.2) is 24.3 Å². The van der Waals surface area contributed by atoms with Crippen LogP contribution in [-0.4, -0.2) is 12.1 Å². The van der Waals surface area contributed by atoms with Crippen LogP contribution in [-0.2, 0) is 5.41 Å². The lowest BCUT2D eigenvalue weighted by molar-refractivity contribution is 0.387. The molecule has 2 heteroatoms. The molecule has 0 radical (unpaired) electrons. The normalized spacial score (nSPS) is 27.3. The lowest BCUT2D eigenvalue weighted by atomic mass is 9.91. The van der Waals surface area contributed by atoms with Gasteiger partial charge in [0.15, 0.2) is 0 Å². The van der Waals surface area contributed by atoms with Gasteiger partial charge in [0.2, 0.25) is 0 Å². The molecule has 1 aliphatic rings. The van der Waals surface area contributed by atoms with Gasteiger partial charge in [0.05, 0.1) is 0 Å². The van der Waals surface area contributed by atoms with Crippen LogP contribution in [0.4, 0.5) is 4.39 Å². The Bertz CT molecular complexity index is 421. The van der Waals surface area contributed by atoms with E-state index < -0.39 is 0 Å². The van der Waals surface area contributed by atoms with Crippen molar-refractivity contribution >= 4 is 0 Å². The largest absolute Gasteiger partial charge is 0.311 e. The Balaban J connectivity index is 2.18. The molecule has 0 amide bonds. The van der Waals surface area contributed by atoms with E-state index in [9.17, 15) is 4.39 Å². The van der Waals surface area contributed by atoms with Crippen molar-refractivity contribution in [2.75, 3.05) is 6.54 Å². The summed E-state index contributed by atoms with van der Waals surface area (Å²) < 4.78 is 13.4. The molecule has 2 unspecified atom stereocenters. The minimum absolute atomic E-state index is 0.112. The first-order valence-corrected chi connectivity index (χ1v) is 6.88. The highest BCUT2D eigenvalue weighted by atomic mass is 19.1. The van der Waals surface area contributed by atoms with E-state index in [4.69, 9.17) is 0 Å². The number of halogens is 1. The summed E-state index contributed by atoms with van der Waals surface area (Å²) in [5.41, 5.74) is 1.43. The quantitative estimate of drug-likeness (QED) is 0.854. The van der Waals surface area contributed by atoms with E-state index in [2.05, 4.69) is 39.1 Å². The molecule has 100 valence electrons. The summed E-state index contributed by atoms with van der Waals surface area (Å²) in [6.45, 7) is 9.70. The Kier molecular flexibility index (Phi) is 3.50. The van der Waals surface area contributed by atoms with Crippen LogP contribution in [0.25, 0.3) is 0 Å². The van der Waals surface area contributed by atoms with Gasteiger partial charge in [0, 0.05) is 17.5 Å². The minimum Gasteiger partial charge on any atom is -0.311 e. The van der Waals surface area contributed by atoms with Crippen molar-refractivity contribution in [2.24, 2.45) is 5.92 Å². The minimum atomic E-state index is -0.121. The molecule has 2 atom stereocenters. The predicted octanol–water partition coefficient (Wildman–Crippen LogP) is 3.88. The van der Waals surface area contributed by atoms with Crippen LogP contribution < -0.4 is 5.32 Å². The van der Waals surface area contributed by atoms with Crippen LogP contribution in [0.3, 0.4) is 0 Å². The zero-order valence-corrected chi connectivity index (χ0v) is 11.9. The predicted molar refractivity (Wildman–Crippen MR) is 74.2 cm³/mol. The van der Waals surface area contributed by atoms with Gasteiger partial charge in [-0.05, 0) is 50.8 Å². The first-order valence-electron chi connectivity index (χ1n) is 6.88. The maximum absolute atomic E-state index is 13.4. The van der Waals surface area contributed by atoms with Crippen molar-refractivity contribution < 1.29 is 4.39 Å². The monoisotopic (exact) mass is 249 g/mol. The van der Waals surface area contributed by atoms with Crippen LogP contribution >= 0.6 is 0 Å². The van der Waals surface area contributed by atoms with E-state index in [1.165, 1.54) is 18.9 Å². The molecule has 0 saturated heterocycles. The van der Waals surface area contributed by atoms with Crippen molar-refractivity contribution in [2.45, 2.75) is 51.5 Å². The van der Waals surface area contributed by atoms with Gasteiger partial charge in [0.25, 0.3) is 0 Å². The summed E-state index contributed by atoms with van der Waals surface area (Å²) in [5.74, 6) is 0.568. The van der Waals surface area contributed by atoms with Gasteiger partial charge in [-0.25, -0.2) is 4.39 Å². The van der Waals surface area contributed by atoms with Crippen LogP contribution in [0.2, 0.25) is 0 Å². The fraction of sp³-hybridized carbons (Fsp3) is 0.625. The third-order valence-corrected chi connectivity index (χ3v) is 4.06. The lowest BCUT2D eigenvalue weighted by Gasteiger charge is -2.26. The van der Waals surface area contributed by atoms with E-state index in [0.29, 0.717) is 5.92 Å². The zero-order valence-electron chi connectivity index (χ0n) is 11.9. The fourth-order valence-corrected chi connectivity index (χ4v) is 2.81. The molecule has 1 fully saturated rings. The van der Waals surface area contributed by atoms with Crippen molar-refractivity contribution in [1.29, 1.82) is 0 Å². The molecule has 0 bridgehead atoms. The Morgan fingerprint density at radius 3 is 2.61 bits per heavy atom. The van der Waals surface area contributed by atoms with E-state index >= 15 is 0 Å². The summed E-state index contributed by atoms with van der Waals surface area (Å²) in [6.07, 6.45) is 2.35. The molecule has 0 heterocycles. The molecular weight excluding hydrogens is 225 g/mol. The summed E-state index contributed by atoms with van der Waals surface area (Å²) >= 11 is 0. The molecule has 18 heavy (non-hydrogen) atoms. The van der Waals surface area contributed by atoms with E-state index in [0.717, 1.165) is 12.1 Å². The molecule has 1 aromatic rings. The molecule has 2 rings (SSSR count). The van der Waals surface area contributed by atoms with Gasteiger partial charge in [-0.2, -0.15) is 0 Å². The van der Waals surface area contributed by atoms with Crippen LogP contribution in [0, 0.1) is 11.7 Å². The summed E-state index contributed by atoms with van der Waals surface area (Å²) in [5, 5.41) is 3.58. The van der Waals surface area contributed by atoms with Gasteiger partial charge < -0.3 is 5.32 Å². The van der Waals surface area contributed by atoms with Crippen LogP contribution in [0.5, 0.6) is 0 Å². The van der Waals surface area contributed by atoms with Gasteiger partial charge in [-0.15, -0.1) is 0 Å². The Morgan fingerprint density at radius 1 is 1.39 bits per heavy atom. The molecular formula is C16H24FN. The van der Waals surface area contributed by atoms with Gasteiger partial charge in [-0.1, -0.05) is 25.5 Å². The molecule has 0 aromatic heterocycles. The molecule has 1 nitrogen and oxygen atoms in total. The second-order valence-corrected chi connectivity index (χ2v) is 6.58. The summed E-state index contributed by atoms with van der Waals surface area (Å²) in [6, 6.07) is 7.13. The third-order valence-electron chi connectivity index (χ3n) is 4.06. The molecule has 1 saturated carbocycles. The third kappa shape index (κ3) is 2.74. The van der Waals surface area contributed by atoms with E-state index in [-0.39, 0.29) is 16.8 Å². The topological polar surface area (TPSA) is 12.0 Å². The average Bonchev–Trinajstić information content (AvgIpc) is 3.01.